The summed E-state index contributed by atoms with van der Waals surface area (Å²) in [5.41, 5.74) is 0. The molecule has 0 fully saturated rings. The molecule has 0 aliphatic rings. The normalized spacial score (nSPS) is 10.5. The number of hydrogen-bond donors (Lipinski definition) is 0. The molecule has 0 aliphatic carbocycles. The van der Waals surface area contributed by atoms with Crippen molar-refractivity contribution in [1.82, 2.24) is 0 Å². The highest BCUT2D eigenvalue weighted by molar-refractivity contribution is 9.09. The predicted molar refractivity (Wildman–Crippen MR) is 227 cm³/mol. The van der Waals surface area contributed by atoms with Crippen LogP contribution in [-0.2, 0) is 14.4 Å². The number of rotatable bonds is 10. The first-order valence-corrected chi connectivity index (χ1v) is 21.7. The Bertz CT molecular complexity index is 1820. The zero-order valence-corrected chi connectivity index (χ0v) is 34.6. The molecular formula is C45H44Br2O3P2. The topological polar surface area (TPSA) is 51.2 Å². The number of hydrogen-bond acceptors (Lipinski definition) is 3. The molecule has 0 heterocycles. The molecule has 0 aliphatic heterocycles. The molecular weight excluding hydrogens is 810 g/mol. The van der Waals surface area contributed by atoms with Crippen LogP contribution in [0.5, 0.6) is 0 Å². The Hall–Kier alpha value is -3.98. The third-order valence-corrected chi connectivity index (χ3v) is 17.4. The summed E-state index contributed by atoms with van der Waals surface area (Å²) in [5.74, 6) is 2.45. The SMILES string of the molecule is CC(=O)C=P(c1ccccc1)(c1ccccc1)c1ccccc1.CC(=O)CBr.CC(=O)C[P+](c1ccccc1)(c1ccccc1)c1ccccc1.[Br-]. The van der Waals surface area contributed by atoms with Crippen molar-refractivity contribution in [2.45, 2.75) is 20.8 Å². The number of carbonyl (C=O) groups is 3. The molecule has 6 rings (SSSR count). The molecule has 6 aromatic carbocycles. The summed E-state index contributed by atoms with van der Waals surface area (Å²) in [6, 6.07) is 62.6. The molecule has 0 aromatic heterocycles. The van der Waals surface area contributed by atoms with Crippen LogP contribution < -0.4 is 48.8 Å². The largest absolute Gasteiger partial charge is 1.00 e. The van der Waals surface area contributed by atoms with E-state index >= 15 is 0 Å². The molecule has 0 saturated carbocycles. The Balaban J connectivity index is 0.000000244. The molecule has 0 bridgehead atoms. The van der Waals surface area contributed by atoms with Crippen LogP contribution in [0.3, 0.4) is 0 Å². The minimum absolute atomic E-state index is 0. The summed E-state index contributed by atoms with van der Waals surface area (Å²) in [6.07, 6.45) is 0.561. The quantitative estimate of drug-likeness (QED) is 0.146. The van der Waals surface area contributed by atoms with Crippen LogP contribution in [-0.4, -0.2) is 34.6 Å². The monoisotopic (exact) mass is 852 g/mol. The standard InChI is InChI=1S/C21H20OP.C21H19OP.C3H5BrO.BrH/c2*1-18(22)17-23(19-11-5-2-6-12-19,20-13-7-3-8-14-20)21-15-9-4-10-16-21;1-3(5)2-4;/h2-16H,17H2,1H3;2-17H,1H3;2H2,1H3;1H/q+1;;;/p-1. The van der Waals surface area contributed by atoms with Crippen molar-refractivity contribution in [3.8, 4) is 0 Å². The predicted octanol–water partition coefficient (Wildman–Crippen LogP) is 4.92. The van der Waals surface area contributed by atoms with Crippen LogP contribution in [0.15, 0.2) is 182 Å². The van der Waals surface area contributed by atoms with Crippen molar-refractivity contribution >= 4 is 85.1 Å². The summed E-state index contributed by atoms with van der Waals surface area (Å²) in [6.45, 7) is 2.79. The average molecular weight is 855 g/mol. The summed E-state index contributed by atoms with van der Waals surface area (Å²) in [5, 5.41) is 7.85. The van der Waals surface area contributed by atoms with Crippen molar-refractivity contribution in [2.75, 3.05) is 11.5 Å². The van der Waals surface area contributed by atoms with E-state index in [1.165, 1.54) is 38.8 Å². The molecule has 0 N–H and O–H groups in total. The molecule has 266 valence electrons. The minimum Gasteiger partial charge on any atom is -1.00 e. The Labute approximate surface area is 328 Å². The second-order valence-electron chi connectivity index (χ2n) is 12.0. The number of ketones is 3. The van der Waals surface area contributed by atoms with Gasteiger partial charge in [0, 0.05) is 0 Å². The van der Waals surface area contributed by atoms with Crippen molar-refractivity contribution in [3.05, 3.63) is 182 Å². The number of benzene rings is 6. The maximum Gasteiger partial charge on any atom is 0.168 e. The lowest BCUT2D eigenvalue weighted by molar-refractivity contribution is -0.115. The highest BCUT2D eigenvalue weighted by Crippen LogP contribution is 2.55. The van der Waals surface area contributed by atoms with E-state index in [0.717, 1.165) is 0 Å². The van der Waals surface area contributed by atoms with Crippen LogP contribution in [0.4, 0.5) is 0 Å². The van der Waals surface area contributed by atoms with Crippen LogP contribution in [0.25, 0.3) is 0 Å². The molecule has 0 saturated heterocycles. The van der Waals surface area contributed by atoms with Gasteiger partial charge in [0.15, 0.2) is 11.6 Å². The van der Waals surface area contributed by atoms with Crippen LogP contribution in [0.1, 0.15) is 20.8 Å². The van der Waals surface area contributed by atoms with Gasteiger partial charge in [-0.1, -0.05) is 162 Å². The van der Waals surface area contributed by atoms with E-state index in [2.05, 4.69) is 125 Å². The van der Waals surface area contributed by atoms with Gasteiger partial charge >= 0.3 is 0 Å². The van der Waals surface area contributed by atoms with Gasteiger partial charge in [0.05, 0.1) is 5.33 Å². The van der Waals surface area contributed by atoms with E-state index in [-0.39, 0.29) is 34.3 Å². The molecule has 0 radical (unpaired) electrons. The van der Waals surface area contributed by atoms with Crippen LogP contribution in [0, 0.1) is 0 Å². The lowest BCUT2D eigenvalue weighted by Gasteiger charge is -2.28. The molecule has 0 spiro atoms. The first-order valence-electron chi connectivity index (χ1n) is 16.8. The number of alkyl halides is 1. The molecule has 0 unspecified atom stereocenters. The van der Waals surface area contributed by atoms with Crippen molar-refractivity contribution in [1.29, 1.82) is 0 Å². The van der Waals surface area contributed by atoms with Gasteiger partial charge in [-0.2, -0.15) is 0 Å². The highest BCUT2D eigenvalue weighted by atomic mass is 79.9. The van der Waals surface area contributed by atoms with Gasteiger partial charge in [0.2, 0.25) is 0 Å². The lowest BCUT2D eigenvalue weighted by atomic mass is 10.4. The first kappa shape index (κ1) is 42.4. The molecule has 6 aromatic rings. The van der Waals surface area contributed by atoms with Gasteiger partial charge in [-0.15, -0.1) is 0 Å². The Kier molecular flexibility index (Phi) is 17.6. The molecule has 7 heteroatoms. The van der Waals surface area contributed by atoms with Gasteiger partial charge in [-0.05, 0) is 85.8 Å². The molecule has 0 amide bonds. The zero-order valence-electron chi connectivity index (χ0n) is 29.7. The maximum atomic E-state index is 12.2. The number of halogens is 2. The summed E-state index contributed by atoms with van der Waals surface area (Å²) >= 11 is 2.96. The zero-order chi connectivity index (χ0) is 36.5. The van der Waals surface area contributed by atoms with Gasteiger partial charge in [-0.25, -0.2) is 0 Å². The van der Waals surface area contributed by atoms with Gasteiger partial charge < -0.3 is 17.0 Å². The Morgan fingerprint density at radius 1 is 0.481 bits per heavy atom. The van der Waals surface area contributed by atoms with E-state index < -0.39 is 14.1 Å². The minimum atomic E-state index is -2.08. The van der Waals surface area contributed by atoms with Crippen molar-refractivity contribution in [3.63, 3.8) is 0 Å². The summed E-state index contributed by atoms with van der Waals surface area (Å²) < 4.78 is 0. The first-order chi connectivity index (χ1) is 24.7. The smallest absolute Gasteiger partial charge is 0.168 e. The van der Waals surface area contributed by atoms with Gasteiger partial charge in [0.25, 0.3) is 0 Å². The van der Waals surface area contributed by atoms with Crippen molar-refractivity contribution in [2.24, 2.45) is 0 Å². The summed E-state index contributed by atoms with van der Waals surface area (Å²) in [7, 11) is -1.96. The second kappa shape index (κ2) is 21.5. The third-order valence-electron chi connectivity index (χ3n) is 8.10. The van der Waals surface area contributed by atoms with E-state index in [0.29, 0.717) is 11.5 Å². The van der Waals surface area contributed by atoms with E-state index in [9.17, 15) is 14.4 Å². The Morgan fingerprint density at radius 3 is 0.942 bits per heavy atom. The van der Waals surface area contributed by atoms with E-state index in [1.54, 1.807) is 13.8 Å². The number of carbonyl (C=O) groups excluding carboxylic acids is 3. The van der Waals surface area contributed by atoms with Gasteiger partial charge in [0.1, 0.15) is 35.1 Å². The molecule has 52 heavy (non-hydrogen) atoms. The van der Waals surface area contributed by atoms with E-state index in [4.69, 9.17) is 0 Å². The molecule has 3 nitrogen and oxygen atoms in total. The average Bonchev–Trinajstić information content (AvgIpc) is 3.18. The van der Waals surface area contributed by atoms with Gasteiger partial charge in [-0.3, -0.25) is 14.4 Å². The fourth-order valence-corrected chi connectivity index (χ4v) is 14.0. The fraction of sp³-hybridized carbons (Fsp3) is 0.111. The highest BCUT2D eigenvalue weighted by Gasteiger charge is 2.46. The Morgan fingerprint density at radius 2 is 0.731 bits per heavy atom. The molecule has 0 atom stereocenters. The number of Topliss-reactive ketones (excluding diaryl/α,β-unsaturated/α-hetero) is 3. The van der Waals surface area contributed by atoms with Crippen LogP contribution in [0.2, 0.25) is 0 Å². The fourth-order valence-electron chi connectivity index (χ4n) is 6.04. The summed E-state index contributed by atoms with van der Waals surface area (Å²) in [4.78, 5) is 34.1. The van der Waals surface area contributed by atoms with Crippen LogP contribution >= 0.6 is 30.1 Å². The van der Waals surface area contributed by atoms with Crippen molar-refractivity contribution < 1.29 is 31.4 Å². The maximum absolute atomic E-state index is 12.2. The second-order valence-corrected chi connectivity index (χ2v) is 19.3. The lowest BCUT2D eigenvalue weighted by Crippen LogP contribution is -3.00. The van der Waals surface area contributed by atoms with E-state index in [1.807, 2.05) is 78.6 Å². The third kappa shape index (κ3) is 11.0.